The predicted octanol–water partition coefficient (Wildman–Crippen LogP) is 3.47. The number of amides is 3. The fourth-order valence-corrected chi connectivity index (χ4v) is 4.18. The van der Waals surface area contributed by atoms with Gasteiger partial charge in [0.25, 0.3) is 23.4 Å². The molecule has 3 heterocycles. The molecule has 0 spiro atoms. The van der Waals surface area contributed by atoms with Crippen molar-refractivity contribution in [1.29, 1.82) is 0 Å². The Bertz CT molecular complexity index is 1360. The second-order valence-corrected chi connectivity index (χ2v) is 8.04. The number of aryl methyl sites for hydroxylation is 1. The van der Waals surface area contributed by atoms with Crippen LogP contribution in [-0.2, 0) is 4.79 Å². The van der Waals surface area contributed by atoms with Crippen LogP contribution in [0.2, 0.25) is 0 Å². The molecule has 0 aliphatic carbocycles. The molecule has 1 unspecified atom stereocenters. The van der Waals surface area contributed by atoms with E-state index in [-0.39, 0.29) is 11.1 Å². The number of benzene rings is 2. The molecular weight excluding hydrogens is 440 g/mol. The van der Waals surface area contributed by atoms with Crippen molar-refractivity contribution < 1.29 is 23.7 Å². The molecule has 2 aliphatic heterocycles. The molecular formula is C24H18N4O6. The summed E-state index contributed by atoms with van der Waals surface area (Å²) in [5.41, 5.74) is 1.71. The zero-order chi connectivity index (χ0) is 24.0. The maximum Gasteiger partial charge on any atom is 0.282 e. The van der Waals surface area contributed by atoms with Crippen LogP contribution in [0.1, 0.15) is 50.1 Å². The van der Waals surface area contributed by atoms with Crippen LogP contribution in [0, 0.1) is 17.0 Å². The number of hydrazone groups is 1. The highest BCUT2D eigenvalue weighted by Gasteiger charge is 2.44. The minimum Gasteiger partial charge on any atom is -0.467 e. The van der Waals surface area contributed by atoms with E-state index in [2.05, 4.69) is 5.10 Å². The van der Waals surface area contributed by atoms with Crippen molar-refractivity contribution in [3.05, 3.63) is 99.0 Å². The van der Waals surface area contributed by atoms with Gasteiger partial charge >= 0.3 is 0 Å². The van der Waals surface area contributed by atoms with Gasteiger partial charge in [0, 0.05) is 12.5 Å². The van der Waals surface area contributed by atoms with Crippen LogP contribution in [0.5, 0.6) is 0 Å². The van der Waals surface area contributed by atoms with Crippen molar-refractivity contribution in [3.63, 3.8) is 0 Å². The van der Waals surface area contributed by atoms with Crippen LogP contribution >= 0.6 is 0 Å². The van der Waals surface area contributed by atoms with E-state index in [4.69, 9.17) is 4.42 Å². The van der Waals surface area contributed by atoms with E-state index in [0.717, 1.165) is 22.1 Å². The van der Waals surface area contributed by atoms with E-state index < -0.39 is 40.9 Å². The minimum absolute atomic E-state index is 0.0974. The van der Waals surface area contributed by atoms with Crippen molar-refractivity contribution in [3.8, 4) is 0 Å². The second kappa shape index (κ2) is 8.07. The number of nitro groups is 1. The van der Waals surface area contributed by atoms with E-state index in [1.165, 1.54) is 23.4 Å². The number of imide groups is 1. The van der Waals surface area contributed by atoms with Crippen LogP contribution in [-0.4, -0.2) is 44.8 Å². The molecule has 1 atom stereocenters. The number of rotatable bonds is 5. The van der Waals surface area contributed by atoms with Gasteiger partial charge < -0.3 is 4.42 Å². The molecule has 10 heteroatoms. The average molecular weight is 458 g/mol. The van der Waals surface area contributed by atoms with Gasteiger partial charge in [0.05, 0.1) is 22.5 Å². The van der Waals surface area contributed by atoms with Crippen molar-refractivity contribution in [2.75, 3.05) is 6.54 Å². The van der Waals surface area contributed by atoms with Gasteiger partial charge in [0.15, 0.2) is 0 Å². The fourth-order valence-electron chi connectivity index (χ4n) is 4.18. The summed E-state index contributed by atoms with van der Waals surface area (Å²) in [5.74, 6) is -1.73. The molecule has 0 saturated heterocycles. The number of fused-ring (bicyclic) bond motifs is 1. The van der Waals surface area contributed by atoms with Crippen molar-refractivity contribution in [2.24, 2.45) is 5.10 Å². The van der Waals surface area contributed by atoms with Crippen LogP contribution in [0.4, 0.5) is 5.69 Å². The van der Waals surface area contributed by atoms with Gasteiger partial charge in [0.1, 0.15) is 23.9 Å². The standard InChI is InChI=1S/C24H18N4O6/c1-14-7-9-15(10-8-14)17-12-19(20-6-3-11-34-20)27(25-17)21(29)13-26-23(30)16-4-2-5-18(28(32)33)22(16)24(26)31/h2-11,19H,12-13H2,1H3. The second-order valence-electron chi connectivity index (χ2n) is 8.04. The van der Waals surface area contributed by atoms with E-state index >= 15 is 0 Å². The Balaban J connectivity index is 1.45. The Morgan fingerprint density at radius 3 is 2.56 bits per heavy atom. The Hall–Kier alpha value is -4.60. The van der Waals surface area contributed by atoms with Gasteiger partial charge in [-0.05, 0) is 30.7 Å². The lowest BCUT2D eigenvalue weighted by atomic mass is 10.0. The molecule has 170 valence electrons. The van der Waals surface area contributed by atoms with Crippen LogP contribution in [0.15, 0.2) is 70.4 Å². The molecule has 0 N–H and O–H groups in total. The zero-order valence-electron chi connectivity index (χ0n) is 18.0. The molecule has 1 aromatic heterocycles. The average Bonchev–Trinajstić information content (AvgIpc) is 3.55. The summed E-state index contributed by atoms with van der Waals surface area (Å²) in [6.45, 7) is 1.36. The molecule has 2 aromatic carbocycles. The Morgan fingerprint density at radius 2 is 1.88 bits per heavy atom. The Kier molecular flexibility index (Phi) is 5.05. The topological polar surface area (TPSA) is 126 Å². The Labute approximate surface area is 193 Å². The summed E-state index contributed by atoms with van der Waals surface area (Å²) in [6, 6.07) is 14.4. The van der Waals surface area contributed by atoms with E-state index in [9.17, 15) is 24.5 Å². The molecule has 0 saturated carbocycles. The summed E-state index contributed by atoms with van der Waals surface area (Å²) >= 11 is 0. The van der Waals surface area contributed by atoms with Crippen molar-refractivity contribution >= 4 is 29.1 Å². The van der Waals surface area contributed by atoms with Crippen LogP contribution in [0.3, 0.4) is 0 Å². The molecule has 5 rings (SSSR count). The van der Waals surface area contributed by atoms with Gasteiger partial charge in [-0.1, -0.05) is 35.9 Å². The van der Waals surface area contributed by atoms with Gasteiger partial charge in [-0.25, -0.2) is 5.01 Å². The Morgan fingerprint density at radius 1 is 1.12 bits per heavy atom. The van der Waals surface area contributed by atoms with E-state index in [1.807, 2.05) is 31.2 Å². The number of hydrogen-bond donors (Lipinski definition) is 0. The number of nitro benzene ring substituents is 1. The lowest BCUT2D eigenvalue weighted by molar-refractivity contribution is -0.385. The molecule has 3 amide bonds. The molecule has 2 aliphatic rings. The van der Waals surface area contributed by atoms with Gasteiger partial charge in [-0.3, -0.25) is 29.4 Å². The van der Waals surface area contributed by atoms with E-state index in [1.54, 1.807) is 12.1 Å². The van der Waals surface area contributed by atoms with Crippen molar-refractivity contribution in [2.45, 2.75) is 19.4 Å². The predicted molar refractivity (Wildman–Crippen MR) is 119 cm³/mol. The number of carbonyl (C=O) groups excluding carboxylic acids is 3. The maximum atomic E-state index is 13.3. The monoisotopic (exact) mass is 458 g/mol. The highest BCUT2D eigenvalue weighted by atomic mass is 16.6. The summed E-state index contributed by atoms with van der Waals surface area (Å²) < 4.78 is 5.52. The normalized spacial score (nSPS) is 17.2. The third-order valence-corrected chi connectivity index (χ3v) is 5.89. The largest absolute Gasteiger partial charge is 0.467 e. The summed E-state index contributed by atoms with van der Waals surface area (Å²) in [6.07, 6.45) is 1.88. The van der Waals surface area contributed by atoms with E-state index in [0.29, 0.717) is 17.9 Å². The molecule has 34 heavy (non-hydrogen) atoms. The number of carbonyl (C=O) groups is 3. The lowest BCUT2D eigenvalue weighted by Gasteiger charge is -2.22. The SMILES string of the molecule is Cc1ccc(C2=NN(C(=O)CN3C(=O)c4cccc([N+](=O)[O-])c4C3=O)C(c3ccco3)C2)cc1. The third kappa shape index (κ3) is 3.45. The fraction of sp³-hybridized carbons (Fsp3) is 0.167. The van der Waals surface area contributed by atoms with Crippen LogP contribution < -0.4 is 0 Å². The smallest absolute Gasteiger partial charge is 0.282 e. The molecule has 10 nitrogen and oxygen atoms in total. The number of nitrogens with zero attached hydrogens (tertiary/aromatic N) is 4. The van der Waals surface area contributed by atoms with Crippen LogP contribution in [0.25, 0.3) is 0 Å². The summed E-state index contributed by atoms with van der Waals surface area (Å²) in [4.78, 5) is 50.3. The summed E-state index contributed by atoms with van der Waals surface area (Å²) in [5, 5.41) is 17.0. The molecule has 0 radical (unpaired) electrons. The minimum atomic E-state index is -0.878. The first-order valence-corrected chi connectivity index (χ1v) is 10.5. The summed E-state index contributed by atoms with van der Waals surface area (Å²) in [7, 11) is 0. The number of furan rings is 1. The molecule has 0 fully saturated rings. The molecule has 0 bridgehead atoms. The first-order chi connectivity index (χ1) is 16.3. The zero-order valence-corrected chi connectivity index (χ0v) is 18.0. The highest BCUT2D eigenvalue weighted by molar-refractivity contribution is 6.24. The quantitative estimate of drug-likeness (QED) is 0.327. The first-order valence-electron chi connectivity index (χ1n) is 10.5. The van der Waals surface area contributed by atoms with Gasteiger partial charge in [0.2, 0.25) is 0 Å². The van der Waals surface area contributed by atoms with Gasteiger partial charge in [-0.15, -0.1) is 0 Å². The molecule has 3 aromatic rings. The van der Waals surface area contributed by atoms with Crippen molar-refractivity contribution in [1.82, 2.24) is 9.91 Å². The maximum absolute atomic E-state index is 13.3. The first kappa shape index (κ1) is 21.3. The number of hydrogen-bond acceptors (Lipinski definition) is 7. The lowest BCUT2D eigenvalue weighted by Crippen LogP contribution is -2.41. The van der Waals surface area contributed by atoms with Gasteiger partial charge in [-0.2, -0.15) is 5.10 Å². The highest BCUT2D eigenvalue weighted by Crippen LogP contribution is 2.35. The third-order valence-electron chi connectivity index (χ3n) is 5.89.